The van der Waals surface area contributed by atoms with Crippen molar-refractivity contribution in [2.75, 3.05) is 18.8 Å². The number of nitrogens with zero attached hydrogens (tertiary/aromatic N) is 2. The Labute approximate surface area is 102 Å². The third-order valence-corrected chi connectivity index (χ3v) is 3.73. The summed E-state index contributed by atoms with van der Waals surface area (Å²) < 4.78 is 24.6. The molecule has 0 fully saturated rings. The van der Waals surface area contributed by atoms with Gasteiger partial charge in [-0.05, 0) is 0 Å². The number of nitrogens with one attached hydrogen (secondary N) is 1. The van der Waals surface area contributed by atoms with Crippen molar-refractivity contribution in [2.24, 2.45) is 11.5 Å². The smallest absolute Gasteiger partial charge is 0.249 e. The highest BCUT2D eigenvalue weighted by molar-refractivity contribution is 7.89. The van der Waals surface area contributed by atoms with E-state index in [9.17, 15) is 18.0 Å². The van der Waals surface area contributed by atoms with Crippen molar-refractivity contribution < 1.29 is 18.0 Å². The van der Waals surface area contributed by atoms with Gasteiger partial charge in [0.25, 0.3) is 0 Å². The third kappa shape index (κ3) is 2.95. The number of hydrogen-bond donors (Lipinski definition) is 4. The number of carbonyl (C=O) groups is 2. The van der Waals surface area contributed by atoms with E-state index >= 15 is 0 Å². The van der Waals surface area contributed by atoms with E-state index < -0.39 is 34.9 Å². The van der Waals surface area contributed by atoms with Crippen LogP contribution in [0.5, 0.6) is 0 Å². The van der Waals surface area contributed by atoms with Gasteiger partial charge in [-0.1, -0.05) is 0 Å². The van der Waals surface area contributed by atoms with Crippen LogP contribution >= 0.6 is 0 Å². The fourth-order valence-electron chi connectivity index (χ4n) is 1.20. The zero-order valence-electron chi connectivity index (χ0n) is 9.16. The lowest BCUT2D eigenvalue weighted by Crippen LogP contribution is -2.43. The fourth-order valence-corrected chi connectivity index (χ4v) is 2.59. The zero-order valence-corrected chi connectivity index (χ0v) is 9.98. The highest BCUT2D eigenvalue weighted by Crippen LogP contribution is 2.19. The average Bonchev–Trinajstić information content (AvgIpc) is 2.62. The molecule has 0 unspecified atom stereocenters. The maximum Gasteiger partial charge on any atom is 0.249 e. The van der Waals surface area contributed by atoms with Gasteiger partial charge in [-0.3, -0.25) is 14.7 Å². The van der Waals surface area contributed by atoms with Crippen LogP contribution in [0.15, 0.2) is 11.1 Å². The highest BCUT2D eigenvalue weighted by Gasteiger charge is 2.30. The topological polar surface area (TPSA) is 178 Å². The number of aromatic amines is 1. The van der Waals surface area contributed by atoms with E-state index in [0.717, 1.165) is 6.20 Å². The van der Waals surface area contributed by atoms with Crippen LogP contribution in [0.4, 0.5) is 5.82 Å². The first-order valence-electron chi connectivity index (χ1n) is 4.60. The molecule has 11 heteroatoms. The Morgan fingerprint density at radius 2 is 1.78 bits per heavy atom. The minimum absolute atomic E-state index is 0.214. The SMILES string of the molecule is NC(=O)CN(CC(N)=O)S(=O)(=O)c1cn[nH]c1N. The molecule has 0 atom stereocenters. The van der Waals surface area contributed by atoms with Gasteiger partial charge in [-0.25, -0.2) is 8.42 Å². The van der Waals surface area contributed by atoms with Crippen molar-refractivity contribution in [3.05, 3.63) is 6.20 Å². The van der Waals surface area contributed by atoms with Crippen LogP contribution in [0.2, 0.25) is 0 Å². The largest absolute Gasteiger partial charge is 0.383 e. The number of aromatic nitrogens is 2. The number of nitrogen functional groups attached to an aromatic ring is 1. The predicted octanol–water partition coefficient (Wildman–Crippen LogP) is -3.05. The van der Waals surface area contributed by atoms with Crippen LogP contribution in [0.3, 0.4) is 0 Å². The number of anilines is 1. The second-order valence-corrected chi connectivity index (χ2v) is 5.26. The number of primary amides is 2. The summed E-state index contributed by atoms with van der Waals surface area (Å²) in [5.41, 5.74) is 15.2. The van der Waals surface area contributed by atoms with Crippen LogP contribution in [0.1, 0.15) is 0 Å². The molecule has 1 aromatic heterocycles. The number of sulfonamides is 1. The zero-order chi connectivity index (χ0) is 13.9. The lowest BCUT2D eigenvalue weighted by atomic mass is 10.5. The fraction of sp³-hybridized carbons (Fsp3) is 0.286. The van der Waals surface area contributed by atoms with Gasteiger partial charge in [-0.2, -0.15) is 9.40 Å². The Bertz CT molecular complexity index is 548. The molecule has 1 heterocycles. The molecule has 7 N–H and O–H groups in total. The summed E-state index contributed by atoms with van der Waals surface area (Å²) in [5, 5.41) is 5.67. The van der Waals surface area contributed by atoms with Gasteiger partial charge in [-0.15, -0.1) is 0 Å². The van der Waals surface area contributed by atoms with Gasteiger partial charge < -0.3 is 17.2 Å². The molecule has 0 bridgehead atoms. The molecule has 18 heavy (non-hydrogen) atoms. The van der Waals surface area contributed by atoms with Crippen molar-refractivity contribution >= 4 is 27.7 Å². The summed E-state index contributed by atoms with van der Waals surface area (Å²) >= 11 is 0. The summed E-state index contributed by atoms with van der Waals surface area (Å²) in [6.45, 7) is -1.37. The Hall–Kier alpha value is -2.14. The van der Waals surface area contributed by atoms with Crippen LogP contribution in [-0.4, -0.2) is 47.8 Å². The van der Waals surface area contributed by atoms with Gasteiger partial charge >= 0.3 is 0 Å². The molecule has 0 spiro atoms. The minimum atomic E-state index is -4.17. The monoisotopic (exact) mass is 276 g/mol. The molecule has 10 nitrogen and oxygen atoms in total. The van der Waals surface area contributed by atoms with E-state index in [1.807, 2.05) is 0 Å². The lowest BCUT2D eigenvalue weighted by Gasteiger charge is -2.18. The van der Waals surface area contributed by atoms with E-state index in [4.69, 9.17) is 17.2 Å². The van der Waals surface area contributed by atoms with Crippen LogP contribution in [0.25, 0.3) is 0 Å². The van der Waals surface area contributed by atoms with Gasteiger partial charge in [0.2, 0.25) is 21.8 Å². The maximum absolute atomic E-state index is 12.1. The molecule has 0 saturated heterocycles. The molecule has 100 valence electrons. The van der Waals surface area contributed by atoms with Crippen molar-refractivity contribution in [1.29, 1.82) is 0 Å². The van der Waals surface area contributed by atoms with E-state index in [-0.39, 0.29) is 10.7 Å². The summed E-state index contributed by atoms with van der Waals surface area (Å²) in [7, 11) is -4.17. The molecule has 0 aromatic carbocycles. The van der Waals surface area contributed by atoms with Crippen LogP contribution in [0, 0.1) is 0 Å². The molecule has 0 aliphatic heterocycles. The van der Waals surface area contributed by atoms with Gasteiger partial charge in [0.15, 0.2) is 0 Å². The molecule has 0 aliphatic rings. The molecule has 0 radical (unpaired) electrons. The van der Waals surface area contributed by atoms with Crippen molar-refractivity contribution in [1.82, 2.24) is 14.5 Å². The van der Waals surface area contributed by atoms with Gasteiger partial charge in [0.05, 0.1) is 19.3 Å². The van der Waals surface area contributed by atoms with Gasteiger partial charge in [0, 0.05) is 0 Å². The molecular weight excluding hydrogens is 264 g/mol. The second kappa shape index (κ2) is 5.01. The van der Waals surface area contributed by atoms with Crippen molar-refractivity contribution in [3.8, 4) is 0 Å². The molecule has 0 aliphatic carbocycles. The number of carbonyl (C=O) groups excluding carboxylic acids is 2. The quantitative estimate of drug-likeness (QED) is 0.428. The molecule has 2 amide bonds. The van der Waals surface area contributed by atoms with E-state index in [1.165, 1.54) is 0 Å². The number of H-pyrrole nitrogens is 1. The first-order valence-corrected chi connectivity index (χ1v) is 6.04. The summed E-state index contributed by atoms with van der Waals surface area (Å²) in [4.78, 5) is 21.2. The van der Waals surface area contributed by atoms with Crippen molar-refractivity contribution in [3.63, 3.8) is 0 Å². The average molecular weight is 276 g/mol. The van der Waals surface area contributed by atoms with E-state index in [1.54, 1.807) is 0 Å². The molecule has 1 aromatic rings. The number of nitrogens with two attached hydrogens (primary N) is 3. The molecular formula is C7H12N6O4S. The summed E-state index contributed by atoms with van der Waals surface area (Å²) in [6, 6.07) is 0. The minimum Gasteiger partial charge on any atom is -0.383 e. The predicted molar refractivity (Wildman–Crippen MR) is 60.1 cm³/mol. The first kappa shape index (κ1) is 13.9. The first-order chi connectivity index (χ1) is 8.25. The highest BCUT2D eigenvalue weighted by atomic mass is 32.2. The maximum atomic E-state index is 12.1. The number of amides is 2. The molecule has 0 saturated carbocycles. The Morgan fingerprint density at radius 3 is 2.11 bits per heavy atom. The number of hydrogen-bond acceptors (Lipinski definition) is 6. The van der Waals surface area contributed by atoms with E-state index in [0.29, 0.717) is 4.31 Å². The van der Waals surface area contributed by atoms with Crippen LogP contribution in [-0.2, 0) is 19.6 Å². The third-order valence-electron chi connectivity index (χ3n) is 1.91. The summed E-state index contributed by atoms with van der Waals surface area (Å²) in [6.07, 6.45) is 0.958. The lowest BCUT2D eigenvalue weighted by molar-refractivity contribution is -0.120. The van der Waals surface area contributed by atoms with E-state index in [2.05, 4.69) is 10.2 Å². The Kier molecular flexibility index (Phi) is 3.88. The van der Waals surface area contributed by atoms with Crippen LogP contribution < -0.4 is 17.2 Å². The van der Waals surface area contributed by atoms with Gasteiger partial charge in [0.1, 0.15) is 10.7 Å². The van der Waals surface area contributed by atoms with Crippen molar-refractivity contribution in [2.45, 2.75) is 4.90 Å². The standard InChI is InChI=1S/C7H12N6O4S/c8-5(14)2-13(3-6(9)15)18(16,17)4-1-11-12-7(4)10/h1H,2-3H2,(H2,8,14)(H2,9,15)(H3,10,11,12). The summed E-state index contributed by atoms with van der Waals surface area (Å²) in [5.74, 6) is -2.07. The normalized spacial score (nSPS) is 11.6. The number of rotatable bonds is 6. The Morgan fingerprint density at radius 1 is 1.28 bits per heavy atom. The second-order valence-electron chi connectivity index (χ2n) is 3.35. The Balaban J connectivity index is 3.15. The molecule has 1 rings (SSSR count).